The van der Waals surface area contributed by atoms with E-state index in [1.807, 2.05) is 13.0 Å². The van der Waals surface area contributed by atoms with Crippen LogP contribution in [0.25, 0.3) is 0 Å². The molecule has 0 spiro atoms. The van der Waals surface area contributed by atoms with Gasteiger partial charge < -0.3 is 15.8 Å². The topological polar surface area (TPSA) is 95.0 Å². The van der Waals surface area contributed by atoms with Gasteiger partial charge in [-0.3, -0.25) is 14.7 Å². The predicted octanol–water partition coefficient (Wildman–Crippen LogP) is 0.364. The zero-order chi connectivity index (χ0) is 15.2. The van der Waals surface area contributed by atoms with Crippen molar-refractivity contribution in [2.24, 2.45) is 10.9 Å². The first-order valence-electron chi connectivity index (χ1n) is 7.09. The monoisotopic (exact) mass is 291 g/mol. The predicted molar refractivity (Wildman–Crippen MR) is 79.2 cm³/mol. The molecule has 1 unspecified atom stereocenters. The van der Waals surface area contributed by atoms with Gasteiger partial charge in [-0.2, -0.15) is 0 Å². The fourth-order valence-corrected chi connectivity index (χ4v) is 2.61. The molecule has 1 aliphatic heterocycles. The Kier molecular flexibility index (Phi) is 5.10. The lowest BCUT2D eigenvalue weighted by Crippen LogP contribution is -2.55. The molecule has 3 N–H and O–H groups in total. The molecule has 0 radical (unpaired) electrons. The molecule has 1 atom stereocenters. The van der Waals surface area contributed by atoms with Crippen molar-refractivity contribution >= 4 is 11.7 Å². The van der Waals surface area contributed by atoms with Crippen LogP contribution in [-0.2, 0) is 0 Å². The minimum Gasteiger partial charge on any atom is -0.409 e. The minimum atomic E-state index is -0.0814. The molecule has 7 nitrogen and oxygen atoms in total. The van der Waals surface area contributed by atoms with Crippen LogP contribution in [0.4, 0.5) is 0 Å². The number of amidine groups is 1. The lowest BCUT2D eigenvalue weighted by molar-refractivity contribution is 0.0603. The highest BCUT2D eigenvalue weighted by Crippen LogP contribution is 2.11. The molecule has 7 heteroatoms. The van der Waals surface area contributed by atoms with E-state index in [1.54, 1.807) is 23.2 Å². The normalized spacial score (nSPS) is 18.5. The van der Waals surface area contributed by atoms with Gasteiger partial charge in [0.2, 0.25) is 0 Å². The number of amides is 1. The summed E-state index contributed by atoms with van der Waals surface area (Å²) in [6.45, 7) is 4.63. The average molecular weight is 291 g/mol. The lowest BCUT2D eigenvalue weighted by atomic mass is 10.1. The van der Waals surface area contributed by atoms with E-state index in [4.69, 9.17) is 10.9 Å². The van der Waals surface area contributed by atoms with Crippen LogP contribution in [0.15, 0.2) is 29.6 Å². The first-order valence-corrected chi connectivity index (χ1v) is 7.09. The van der Waals surface area contributed by atoms with Gasteiger partial charge in [-0.05, 0) is 18.6 Å². The van der Waals surface area contributed by atoms with Crippen molar-refractivity contribution in [1.82, 2.24) is 14.8 Å². The van der Waals surface area contributed by atoms with Crippen LogP contribution >= 0.6 is 0 Å². The van der Waals surface area contributed by atoms with E-state index in [0.29, 0.717) is 31.9 Å². The van der Waals surface area contributed by atoms with Gasteiger partial charge in [0.05, 0.1) is 6.04 Å². The quantitative estimate of drug-likeness (QED) is 0.361. The summed E-state index contributed by atoms with van der Waals surface area (Å²) in [5, 5.41) is 11.9. The molecule has 21 heavy (non-hydrogen) atoms. The van der Waals surface area contributed by atoms with E-state index in [9.17, 15) is 4.79 Å². The maximum absolute atomic E-state index is 12.3. The van der Waals surface area contributed by atoms with Crippen molar-refractivity contribution in [3.05, 3.63) is 30.1 Å². The lowest BCUT2D eigenvalue weighted by Gasteiger charge is -2.38. The Labute approximate surface area is 124 Å². The molecule has 2 heterocycles. The van der Waals surface area contributed by atoms with Crippen LogP contribution < -0.4 is 5.73 Å². The number of carbonyl (C=O) groups excluding carboxylic acids is 1. The second-order valence-corrected chi connectivity index (χ2v) is 4.99. The standard InChI is InChI=1S/C14H21N5O2/c1-2-12(13(15)17-21)18-7-9-19(10-8-18)14(20)11-5-3-4-6-16-11/h3-6,12,21H,2,7-10H2,1H3,(H2,15,17). The molecule has 0 saturated carbocycles. The summed E-state index contributed by atoms with van der Waals surface area (Å²) in [7, 11) is 0. The molecule has 1 aromatic heterocycles. The maximum atomic E-state index is 12.3. The van der Waals surface area contributed by atoms with E-state index in [-0.39, 0.29) is 17.8 Å². The van der Waals surface area contributed by atoms with Crippen molar-refractivity contribution in [3.8, 4) is 0 Å². The van der Waals surface area contributed by atoms with Crippen molar-refractivity contribution in [3.63, 3.8) is 0 Å². The highest BCUT2D eigenvalue weighted by Gasteiger charge is 2.28. The number of hydrogen-bond acceptors (Lipinski definition) is 5. The zero-order valence-corrected chi connectivity index (χ0v) is 12.1. The van der Waals surface area contributed by atoms with Crippen molar-refractivity contribution in [2.45, 2.75) is 19.4 Å². The molecule has 1 saturated heterocycles. The number of pyridine rings is 1. The Balaban J connectivity index is 1.96. The molecular formula is C14H21N5O2. The third-order valence-corrected chi connectivity index (χ3v) is 3.77. The number of rotatable bonds is 4. The molecule has 0 aromatic carbocycles. The smallest absolute Gasteiger partial charge is 0.272 e. The highest BCUT2D eigenvalue weighted by atomic mass is 16.4. The zero-order valence-electron chi connectivity index (χ0n) is 12.1. The van der Waals surface area contributed by atoms with Gasteiger partial charge in [0.15, 0.2) is 5.84 Å². The summed E-state index contributed by atoms with van der Waals surface area (Å²) in [5.74, 6) is 0.175. The van der Waals surface area contributed by atoms with Crippen LogP contribution in [0.3, 0.4) is 0 Å². The molecule has 1 amide bonds. The molecular weight excluding hydrogens is 270 g/mol. The van der Waals surface area contributed by atoms with Gasteiger partial charge in [0.1, 0.15) is 5.69 Å². The van der Waals surface area contributed by atoms with Crippen LogP contribution in [0.2, 0.25) is 0 Å². The average Bonchev–Trinajstić information content (AvgIpc) is 2.56. The molecule has 1 aliphatic rings. The third-order valence-electron chi connectivity index (χ3n) is 3.77. The van der Waals surface area contributed by atoms with E-state index < -0.39 is 0 Å². The summed E-state index contributed by atoms with van der Waals surface area (Å²) in [4.78, 5) is 20.3. The van der Waals surface area contributed by atoms with Crippen LogP contribution in [0, 0.1) is 0 Å². The summed E-state index contributed by atoms with van der Waals surface area (Å²) in [5.41, 5.74) is 6.18. The number of hydrogen-bond donors (Lipinski definition) is 2. The van der Waals surface area contributed by atoms with Gasteiger partial charge >= 0.3 is 0 Å². The van der Waals surface area contributed by atoms with Gasteiger partial charge in [0, 0.05) is 32.4 Å². The molecule has 1 aromatic rings. The number of aromatic nitrogens is 1. The largest absolute Gasteiger partial charge is 0.409 e. The van der Waals surface area contributed by atoms with Crippen LogP contribution in [-0.4, -0.2) is 64.0 Å². The van der Waals surface area contributed by atoms with E-state index in [2.05, 4.69) is 15.0 Å². The molecule has 1 fully saturated rings. The summed E-state index contributed by atoms with van der Waals surface area (Å²) < 4.78 is 0. The highest BCUT2D eigenvalue weighted by molar-refractivity contribution is 5.92. The van der Waals surface area contributed by atoms with Crippen molar-refractivity contribution in [2.75, 3.05) is 26.2 Å². The maximum Gasteiger partial charge on any atom is 0.272 e. The summed E-state index contributed by atoms with van der Waals surface area (Å²) in [6, 6.07) is 5.24. The molecule has 114 valence electrons. The fraction of sp³-hybridized carbons (Fsp3) is 0.500. The fourth-order valence-electron chi connectivity index (χ4n) is 2.61. The number of nitrogens with zero attached hydrogens (tertiary/aromatic N) is 4. The second-order valence-electron chi connectivity index (χ2n) is 4.99. The number of piperazine rings is 1. The number of carbonyl (C=O) groups is 1. The van der Waals surface area contributed by atoms with E-state index in [1.165, 1.54) is 0 Å². The van der Waals surface area contributed by atoms with Gasteiger partial charge in [-0.1, -0.05) is 18.1 Å². The van der Waals surface area contributed by atoms with Crippen LogP contribution in [0.1, 0.15) is 23.8 Å². The number of nitrogens with two attached hydrogens (primary N) is 1. The van der Waals surface area contributed by atoms with Gasteiger partial charge in [-0.15, -0.1) is 0 Å². The van der Waals surface area contributed by atoms with Crippen molar-refractivity contribution < 1.29 is 10.0 Å². The Morgan fingerprint density at radius 2 is 2.14 bits per heavy atom. The van der Waals surface area contributed by atoms with Crippen molar-refractivity contribution in [1.29, 1.82) is 0 Å². The Bertz CT molecular complexity index is 497. The summed E-state index contributed by atoms with van der Waals surface area (Å²) >= 11 is 0. The van der Waals surface area contributed by atoms with E-state index >= 15 is 0 Å². The van der Waals surface area contributed by atoms with Gasteiger partial charge in [-0.25, -0.2) is 0 Å². The first-order chi connectivity index (χ1) is 10.2. The van der Waals surface area contributed by atoms with Gasteiger partial charge in [0.25, 0.3) is 5.91 Å². The first kappa shape index (κ1) is 15.2. The third kappa shape index (κ3) is 3.49. The Hall–Kier alpha value is -2.15. The summed E-state index contributed by atoms with van der Waals surface area (Å²) in [6.07, 6.45) is 2.39. The van der Waals surface area contributed by atoms with Crippen LogP contribution in [0.5, 0.6) is 0 Å². The molecule has 2 rings (SSSR count). The SMILES string of the molecule is CCC(C(N)=NO)N1CCN(C(=O)c2ccccn2)CC1. The Morgan fingerprint density at radius 1 is 1.43 bits per heavy atom. The Morgan fingerprint density at radius 3 is 2.67 bits per heavy atom. The van der Waals surface area contributed by atoms with E-state index in [0.717, 1.165) is 6.42 Å². The number of oxime groups is 1. The molecule has 0 bridgehead atoms. The second kappa shape index (κ2) is 7.03. The molecule has 0 aliphatic carbocycles. The minimum absolute atomic E-state index is 0.0490.